The second kappa shape index (κ2) is 17.9. The van der Waals surface area contributed by atoms with Crippen LogP contribution in [0.1, 0.15) is 37.0 Å². The van der Waals surface area contributed by atoms with Crippen molar-refractivity contribution >= 4 is 30.1 Å². The van der Waals surface area contributed by atoms with Gasteiger partial charge in [-0.25, -0.2) is 0 Å². The molecule has 3 rings (SSSR count). The summed E-state index contributed by atoms with van der Waals surface area (Å²) in [7, 11) is 0. The van der Waals surface area contributed by atoms with Gasteiger partial charge in [0.15, 0.2) is 0 Å². The highest BCUT2D eigenvalue weighted by Crippen LogP contribution is 2.13. The summed E-state index contributed by atoms with van der Waals surface area (Å²) in [5.41, 5.74) is 8.71. The molecule has 226 valence electrons. The minimum Gasteiger partial charge on any atom is -0.508 e. The van der Waals surface area contributed by atoms with Crippen molar-refractivity contribution in [3.05, 3.63) is 102 Å². The maximum Gasteiger partial charge on any atom is 0.249 e. The first kappa shape index (κ1) is 34.4. The van der Waals surface area contributed by atoms with Crippen molar-refractivity contribution in [3.8, 4) is 5.75 Å². The van der Waals surface area contributed by atoms with E-state index in [0.717, 1.165) is 17.5 Å². The minimum atomic E-state index is -1.08. The Morgan fingerprint density at radius 1 is 0.833 bits per heavy atom. The molecule has 0 aliphatic carbocycles. The van der Waals surface area contributed by atoms with Gasteiger partial charge in [0.25, 0.3) is 0 Å². The molecule has 0 aliphatic heterocycles. The van der Waals surface area contributed by atoms with Gasteiger partial charge in [-0.1, -0.05) is 93.1 Å². The highest BCUT2D eigenvalue weighted by Gasteiger charge is 2.30. The average molecular weight is 597 g/mol. The fraction of sp³-hybridized carbons (Fsp3) is 0.344. The molecule has 4 atom stereocenters. The number of halogens is 1. The fourth-order valence-electron chi connectivity index (χ4n) is 4.21. The quantitative estimate of drug-likeness (QED) is 0.181. The van der Waals surface area contributed by atoms with Crippen molar-refractivity contribution < 1.29 is 24.2 Å². The number of nitrogens with one attached hydrogen (secondary N) is 3. The molecule has 42 heavy (non-hydrogen) atoms. The van der Waals surface area contributed by atoms with Crippen LogP contribution in [0.3, 0.4) is 0 Å². The number of phenols is 1. The largest absolute Gasteiger partial charge is 0.508 e. The zero-order valence-electron chi connectivity index (χ0n) is 24.0. The first-order chi connectivity index (χ1) is 19.8. The molecule has 0 bridgehead atoms. The lowest BCUT2D eigenvalue weighted by atomic mass is 9.97. The van der Waals surface area contributed by atoms with Gasteiger partial charge < -0.3 is 26.2 Å². The summed E-state index contributed by atoms with van der Waals surface area (Å²) in [6.07, 6.45) is 0.813. The molecule has 0 radical (unpaired) electrons. The summed E-state index contributed by atoms with van der Waals surface area (Å²) in [4.78, 5) is 39.6. The number of hydrogen-bond acceptors (Lipinski definition) is 7. The average Bonchev–Trinajstić information content (AvgIpc) is 2.98. The van der Waals surface area contributed by atoms with E-state index >= 15 is 0 Å². The maximum absolute atomic E-state index is 13.4. The third-order valence-electron chi connectivity index (χ3n) is 6.87. The topological polar surface area (TPSA) is 143 Å². The van der Waals surface area contributed by atoms with Crippen LogP contribution in [0.4, 0.5) is 0 Å². The SMILES string of the molecule is CC[C@H](C)[C@H](NCc1ccccc1)C(=O)NC(=O)[C@H](Cc1ccc(O)cc1)NC(=O)[C@@H](N)COCc1ccccc1.Cl. The lowest BCUT2D eigenvalue weighted by Gasteiger charge is -2.25. The zero-order valence-corrected chi connectivity index (χ0v) is 24.8. The van der Waals surface area contributed by atoms with Crippen LogP contribution >= 0.6 is 12.4 Å². The number of benzene rings is 3. The molecule has 0 saturated carbocycles. The summed E-state index contributed by atoms with van der Waals surface area (Å²) in [5, 5.41) is 18.1. The third-order valence-corrected chi connectivity index (χ3v) is 6.87. The van der Waals surface area contributed by atoms with Crippen LogP contribution in [0.5, 0.6) is 5.75 Å². The van der Waals surface area contributed by atoms with Gasteiger partial charge in [0.1, 0.15) is 17.8 Å². The monoisotopic (exact) mass is 596 g/mol. The van der Waals surface area contributed by atoms with E-state index in [1.165, 1.54) is 12.1 Å². The molecular weight excluding hydrogens is 556 g/mol. The summed E-state index contributed by atoms with van der Waals surface area (Å²) in [5.74, 6) is -1.67. The molecular formula is C32H41ClN4O5. The van der Waals surface area contributed by atoms with Gasteiger partial charge in [0, 0.05) is 13.0 Å². The Morgan fingerprint density at radius 2 is 1.43 bits per heavy atom. The molecule has 3 aromatic rings. The first-order valence-electron chi connectivity index (χ1n) is 13.8. The molecule has 9 nitrogen and oxygen atoms in total. The summed E-state index contributed by atoms with van der Waals surface area (Å²) < 4.78 is 5.60. The van der Waals surface area contributed by atoms with Gasteiger partial charge in [0.05, 0.1) is 19.3 Å². The molecule has 0 spiro atoms. The Bertz CT molecular complexity index is 1240. The first-order valence-corrected chi connectivity index (χ1v) is 13.8. The number of hydrogen-bond donors (Lipinski definition) is 5. The van der Waals surface area contributed by atoms with Crippen LogP contribution in [0.15, 0.2) is 84.9 Å². The Morgan fingerprint density at radius 3 is 2.02 bits per heavy atom. The number of rotatable bonds is 15. The van der Waals surface area contributed by atoms with Crippen molar-refractivity contribution in [1.29, 1.82) is 0 Å². The highest BCUT2D eigenvalue weighted by atomic mass is 35.5. The molecule has 0 fully saturated rings. The van der Waals surface area contributed by atoms with Crippen molar-refractivity contribution in [1.82, 2.24) is 16.0 Å². The van der Waals surface area contributed by atoms with E-state index in [1.54, 1.807) is 12.1 Å². The number of imide groups is 1. The standard InChI is InChI=1S/C32H40N4O5.ClH/c1-3-22(2)29(34-19-24-10-6-4-7-11-24)32(40)36-31(39)28(18-23-14-16-26(37)17-15-23)35-30(38)27(33)21-41-20-25-12-8-5-9-13-25;/h4-17,22,27-29,34,37H,3,18-21,33H2,1-2H3,(H,35,38)(H,36,39,40);1H/t22-,27-,28-,29-;/m0./s1. The minimum absolute atomic E-state index is 0. The van der Waals surface area contributed by atoms with Crippen LogP contribution in [-0.2, 0) is 38.7 Å². The van der Waals surface area contributed by atoms with E-state index in [4.69, 9.17) is 10.5 Å². The summed E-state index contributed by atoms with van der Waals surface area (Å²) in [6.45, 7) is 4.62. The predicted molar refractivity (Wildman–Crippen MR) is 165 cm³/mol. The second-order valence-electron chi connectivity index (χ2n) is 10.1. The second-order valence-corrected chi connectivity index (χ2v) is 10.1. The summed E-state index contributed by atoms with van der Waals surface area (Å²) in [6, 6.07) is 22.7. The van der Waals surface area contributed by atoms with Gasteiger partial charge in [0.2, 0.25) is 17.7 Å². The number of phenolic OH excluding ortho intramolecular Hbond substituents is 1. The summed E-state index contributed by atoms with van der Waals surface area (Å²) >= 11 is 0. The van der Waals surface area contributed by atoms with E-state index in [9.17, 15) is 19.5 Å². The van der Waals surface area contributed by atoms with Gasteiger partial charge in [-0.15, -0.1) is 12.4 Å². The number of amides is 3. The predicted octanol–water partition coefficient (Wildman–Crippen LogP) is 3.23. The molecule has 0 saturated heterocycles. The normalized spacial score (nSPS) is 13.6. The Balaban J connectivity index is 0.00000616. The van der Waals surface area contributed by atoms with Gasteiger partial charge >= 0.3 is 0 Å². The molecule has 3 amide bonds. The molecule has 0 aromatic heterocycles. The molecule has 0 heterocycles. The number of aromatic hydroxyl groups is 1. The maximum atomic E-state index is 13.4. The number of carbonyl (C=O) groups excluding carboxylic acids is 3. The Hall–Kier alpha value is -3.76. The van der Waals surface area contributed by atoms with Crippen molar-refractivity contribution in [2.45, 2.75) is 58.0 Å². The van der Waals surface area contributed by atoms with Crippen LogP contribution in [0.25, 0.3) is 0 Å². The molecule has 3 aromatic carbocycles. The Kier molecular flexibility index (Phi) is 14.7. The number of carbonyl (C=O) groups is 3. The van der Waals surface area contributed by atoms with Gasteiger partial charge in [-0.3, -0.25) is 19.7 Å². The fourth-order valence-corrected chi connectivity index (χ4v) is 4.21. The number of ether oxygens (including phenoxy) is 1. The van der Waals surface area contributed by atoms with Crippen LogP contribution < -0.4 is 21.7 Å². The van der Waals surface area contributed by atoms with Crippen LogP contribution in [0, 0.1) is 5.92 Å². The van der Waals surface area contributed by atoms with Crippen LogP contribution in [-0.4, -0.2) is 47.6 Å². The molecule has 0 aliphatic rings. The third kappa shape index (κ3) is 11.3. The van der Waals surface area contributed by atoms with E-state index in [2.05, 4.69) is 16.0 Å². The van der Waals surface area contributed by atoms with E-state index in [1.807, 2.05) is 74.5 Å². The van der Waals surface area contributed by atoms with Crippen molar-refractivity contribution in [2.24, 2.45) is 11.7 Å². The van der Waals surface area contributed by atoms with E-state index < -0.39 is 35.8 Å². The van der Waals surface area contributed by atoms with Gasteiger partial charge in [-0.05, 0) is 34.7 Å². The van der Waals surface area contributed by atoms with Crippen LogP contribution in [0.2, 0.25) is 0 Å². The van der Waals surface area contributed by atoms with Crippen molar-refractivity contribution in [2.75, 3.05) is 6.61 Å². The van der Waals surface area contributed by atoms with Gasteiger partial charge in [-0.2, -0.15) is 0 Å². The molecule has 6 N–H and O–H groups in total. The zero-order chi connectivity index (χ0) is 29.6. The van der Waals surface area contributed by atoms with E-state index in [-0.39, 0.29) is 37.1 Å². The lowest BCUT2D eigenvalue weighted by molar-refractivity contribution is -0.136. The lowest BCUT2D eigenvalue weighted by Crippen LogP contribution is -2.57. The van der Waals surface area contributed by atoms with E-state index in [0.29, 0.717) is 18.7 Å². The van der Waals surface area contributed by atoms with Crippen molar-refractivity contribution in [3.63, 3.8) is 0 Å². The smallest absolute Gasteiger partial charge is 0.249 e. The Labute approximate surface area is 253 Å². The number of nitrogens with two attached hydrogens (primary N) is 1. The molecule has 10 heteroatoms. The highest BCUT2D eigenvalue weighted by molar-refractivity contribution is 6.01. The molecule has 0 unspecified atom stereocenters.